The molecule has 0 aliphatic carbocycles. The highest BCUT2D eigenvalue weighted by Gasteiger charge is 2.15. The summed E-state index contributed by atoms with van der Waals surface area (Å²) in [6.45, 7) is 0. The van der Waals surface area contributed by atoms with Gasteiger partial charge >= 0.3 is 0 Å². The molecule has 1 heterocycles. The number of aromatic nitrogens is 1. The second kappa shape index (κ2) is 5.18. The lowest BCUT2D eigenvalue weighted by Crippen LogP contribution is -2.04. The molecule has 1 atom stereocenters. The Hall–Kier alpha value is -1.88. The lowest BCUT2D eigenvalue weighted by molar-refractivity contribution is 0.177. The van der Waals surface area contributed by atoms with Crippen molar-refractivity contribution in [3.05, 3.63) is 65.2 Å². The number of aliphatic hydroxyl groups excluding tert-OH is 1. The maximum absolute atomic E-state index is 13.0. The van der Waals surface area contributed by atoms with Crippen LogP contribution in [0.2, 0.25) is 0 Å². The topological polar surface area (TPSA) is 33.1 Å². The minimum atomic E-state index is -1.53. The van der Waals surface area contributed by atoms with Gasteiger partial charge in [-0.25, -0.2) is 13.2 Å². The Morgan fingerprint density at radius 1 is 1.17 bits per heavy atom. The normalized spacial score (nSPS) is 12.4. The van der Waals surface area contributed by atoms with Crippen molar-refractivity contribution in [1.82, 2.24) is 4.98 Å². The van der Waals surface area contributed by atoms with E-state index in [-0.39, 0.29) is 12.0 Å². The van der Waals surface area contributed by atoms with Gasteiger partial charge in [-0.1, -0.05) is 6.07 Å². The smallest absolute Gasteiger partial charge is 0.194 e. The molecular weight excluding hydrogens is 243 g/mol. The van der Waals surface area contributed by atoms with Gasteiger partial charge in [-0.3, -0.25) is 4.98 Å². The zero-order valence-electron chi connectivity index (χ0n) is 9.28. The van der Waals surface area contributed by atoms with Crippen molar-refractivity contribution in [3.63, 3.8) is 0 Å². The van der Waals surface area contributed by atoms with Gasteiger partial charge in [0.05, 0.1) is 6.10 Å². The molecule has 0 spiro atoms. The average molecular weight is 253 g/mol. The van der Waals surface area contributed by atoms with Crippen LogP contribution in [0.1, 0.15) is 17.2 Å². The number of nitrogens with zero attached hydrogens (tertiary/aromatic N) is 1. The summed E-state index contributed by atoms with van der Waals surface area (Å²) in [6.07, 6.45) is 2.16. The summed E-state index contributed by atoms with van der Waals surface area (Å²) < 4.78 is 38.8. The minimum Gasteiger partial charge on any atom is -0.388 e. The van der Waals surface area contributed by atoms with E-state index < -0.39 is 23.6 Å². The van der Waals surface area contributed by atoms with E-state index in [0.717, 1.165) is 17.7 Å². The van der Waals surface area contributed by atoms with Gasteiger partial charge < -0.3 is 5.11 Å². The van der Waals surface area contributed by atoms with Crippen molar-refractivity contribution in [2.24, 2.45) is 0 Å². The van der Waals surface area contributed by atoms with Gasteiger partial charge in [-0.05, 0) is 29.3 Å². The van der Waals surface area contributed by atoms with Crippen LogP contribution in [0.15, 0.2) is 36.7 Å². The van der Waals surface area contributed by atoms with Crippen LogP contribution in [-0.4, -0.2) is 10.1 Å². The van der Waals surface area contributed by atoms with Crippen molar-refractivity contribution in [1.29, 1.82) is 0 Å². The Balaban J connectivity index is 2.22. The van der Waals surface area contributed by atoms with E-state index in [9.17, 15) is 18.3 Å². The Bertz CT molecular complexity index is 522. The summed E-state index contributed by atoms with van der Waals surface area (Å²) in [5, 5.41) is 9.83. The summed E-state index contributed by atoms with van der Waals surface area (Å²) in [6, 6.07) is 5.00. The molecule has 0 aliphatic heterocycles. The lowest BCUT2D eigenvalue weighted by Gasteiger charge is -2.11. The number of hydrogen-bond donors (Lipinski definition) is 1. The standard InChI is InChI=1S/C13H10F3NO/c14-10-5-9(6-11(15)13(10)16)12(18)4-8-2-1-3-17-7-8/h1-3,5-7,12,18H,4H2. The van der Waals surface area contributed by atoms with Crippen LogP contribution < -0.4 is 0 Å². The van der Waals surface area contributed by atoms with E-state index >= 15 is 0 Å². The first-order chi connectivity index (χ1) is 8.58. The van der Waals surface area contributed by atoms with Crippen LogP contribution in [0.25, 0.3) is 0 Å². The van der Waals surface area contributed by atoms with E-state index in [0.29, 0.717) is 0 Å². The number of benzene rings is 1. The quantitative estimate of drug-likeness (QED) is 0.853. The molecule has 5 heteroatoms. The number of pyridine rings is 1. The zero-order chi connectivity index (χ0) is 13.1. The first kappa shape index (κ1) is 12.6. The number of aliphatic hydroxyl groups is 1. The summed E-state index contributed by atoms with van der Waals surface area (Å²) in [5.74, 6) is -4.15. The largest absolute Gasteiger partial charge is 0.388 e. The average Bonchev–Trinajstić information content (AvgIpc) is 2.36. The molecule has 94 valence electrons. The van der Waals surface area contributed by atoms with Crippen LogP contribution in [0, 0.1) is 17.5 Å². The molecule has 2 rings (SSSR count). The monoisotopic (exact) mass is 253 g/mol. The highest BCUT2D eigenvalue weighted by atomic mass is 19.2. The van der Waals surface area contributed by atoms with E-state index in [1.165, 1.54) is 0 Å². The van der Waals surface area contributed by atoms with Crippen LogP contribution in [-0.2, 0) is 6.42 Å². The third-order valence-corrected chi connectivity index (χ3v) is 2.54. The predicted molar refractivity (Wildman–Crippen MR) is 59.2 cm³/mol. The van der Waals surface area contributed by atoms with Crippen LogP contribution in [0.4, 0.5) is 13.2 Å². The molecule has 2 nitrogen and oxygen atoms in total. The van der Waals surface area contributed by atoms with Gasteiger partial charge in [0.15, 0.2) is 17.5 Å². The van der Waals surface area contributed by atoms with Gasteiger partial charge in [0.25, 0.3) is 0 Å². The molecule has 0 saturated heterocycles. The van der Waals surface area contributed by atoms with Gasteiger partial charge in [0.1, 0.15) is 0 Å². The molecule has 1 aromatic carbocycles. The molecule has 0 bridgehead atoms. The molecule has 2 aromatic rings. The summed E-state index contributed by atoms with van der Waals surface area (Å²) in [4.78, 5) is 3.86. The van der Waals surface area contributed by atoms with Gasteiger partial charge in [-0.2, -0.15) is 0 Å². The summed E-state index contributed by atoms with van der Waals surface area (Å²) >= 11 is 0. The molecule has 0 aliphatic rings. The van der Waals surface area contributed by atoms with Crippen molar-refractivity contribution >= 4 is 0 Å². The van der Waals surface area contributed by atoms with Gasteiger partial charge in [0, 0.05) is 18.8 Å². The molecule has 0 saturated carbocycles. The third-order valence-electron chi connectivity index (χ3n) is 2.54. The minimum absolute atomic E-state index is 0.00440. The summed E-state index contributed by atoms with van der Waals surface area (Å²) in [5.41, 5.74) is 0.713. The molecular formula is C13H10F3NO. The van der Waals surface area contributed by atoms with E-state index in [4.69, 9.17) is 0 Å². The van der Waals surface area contributed by atoms with Crippen molar-refractivity contribution in [3.8, 4) is 0 Å². The molecule has 18 heavy (non-hydrogen) atoms. The fourth-order valence-electron chi connectivity index (χ4n) is 1.63. The molecule has 0 amide bonds. The van der Waals surface area contributed by atoms with E-state index in [2.05, 4.69) is 4.98 Å². The molecule has 0 radical (unpaired) electrons. The zero-order valence-corrected chi connectivity index (χ0v) is 9.28. The maximum atomic E-state index is 13.0. The van der Waals surface area contributed by atoms with Crippen molar-refractivity contribution < 1.29 is 18.3 Å². The Morgan fingerprint density at radius 3 is 2.39 bits per heavy atom. The maximum Gasteiger partial charge on any atom is 0.194 e. The Morgan fingerprint density at radius 2 is 1.83 bits per heavy atom. The van der Waals surface area contributed by atoms with Crippen LogP contribution >= 0.6 is 0 Å². The molecule has 1 N–H and O–H groups in total. The molecule has 0 fully saturated rings. The van der Waals surface area contributed by atoms with Crippen LogP contribution in [0.5, 0.6) is 0 Å². The highest BCUT2D eigenvalue weighted by Crippen LogP contribution is 2.22. The van der Waals surface area contributed by atoms with Crippen LogP contribution in [0.3, 0.4) is 0 Å². The van der Waals surface area contributed by atoms with Crippen molar-refractivity contribution in [2.45, 2.75) is 12.5 Å². The Kier molecular flexibility index (Phi) is 3.62. The van der Waals surface area contributed by atoms with Gasteiger partial charge in [0.2, 0.25) is 0 Å². The second-order valence-corrected chi connectivity index (χ2v) is 3.88. The van der Waals surface area contributed by atoms with E-state index in [1.807, 2.05) is 0 Å². The number of rotatable bonds is 3. The first-order valence-corrected chi connectivity index (χ1v) is 5.29. The fourth-order valence-corrected chi connectivity index (χ4v) is 1.63. The second-order valence-electron chi connectivity index (χ2n) is 3.88. The van der Waals surface area contributed by atoms with E-state index in [1.54, 1.807) is 24.5 Å². The van der Waals surface area contributed by atoms with Gasteiger partial charge in [-0.15, -0.1) is 0 Å². The predicted octanol–water partition coefficient (Wildman–Crippen LogP) is 2.78. The third kappa shape index (κ3) is 2.68. The Labute approximate surface area is 102 Å². The SMILES string of the molecule is OC(Cc1cccnc1)c1cc(F)c(F)c(F)c1. The van der Waals surface area contributed by atoms with Crippen molar-refractivity contribution in [2.75, 3.05) is 0 Å². The fraction of sp³-hybridized carbons (Fsp3) is 0.154. The number of hydrogen-bond acceptors (Lipinski definition) is 2. The first-order valence-electron chi connectivity index (χ1n) is 5.29. The highest BCUT2D eigenvalue weighted by molar-refractivity contribution is 5.23. The molecule has 1 unspecified atom stereocenters. The summed E-state index contributed by atoms with van der Waals surface area (Å²) in [7, 11) is 0. The number of halogens is 3. The lowest BCUT2D eigenvalue weighted by atomic mass is 10.0. The molecule has 1 aromatic heterocycles.